The van der Waals surface area contributed by atoms with Gasteiger partial charge in [-0.25, -0.2) is 4.98 Å². The van der Waals surface area contributed by atoms with Crippen molar-refractivity contribution in [2.75, 3.05) is 11.9 Å². The van der Waals surface area contributed by atoms with Crippen LogP contribution in [-0.2, 0) is 16.4 Å². The number of carbonyl (C=O) groups is 1. The first-order valence-electron chi connectivity index (χ1n) is 10.2. The normalized spacial score (nSPS) is 15.8. The summed E-state index contributed by atoms with van der Waals surface area (Å²) in [7, 11) is 0. The van der Waals surface area contributed by atoms with Crippen LogP contribution >= 0.6 is 22.6 Å². The molecule has 0 spiro atoms. The van der Waals surface area contributed by atoms with Crippen LogP contribution in [0.15, 0.2) is 72.9 Å². The number of aromatic nitrogens is 1. The molecule has 0 saturated heterocycles. The number of hydrogen-bond donors (Lipinski definition) is 2. The van der Waals surface area contributed by atoms with Crippen LogP contribution in [0.1, 0.15) is 35.6 Å². The fraction of sp³-hybridized carbons (Fsp3) is 0.250. The molecular formula is C24H21F3IN3O. The summed E-state index contributed by atoms with van der Waals surface area (Å²) in [5.74, 6) is 0.218. The molecule has 1 atom stereocenters. The molecule has 1 fully saturated rings. The molecule has 0 bridgehead atoms. The quantitative estimate of drug-likeness (QED) is 0.371. The molecule has 4 nitrogen and oxygen atoms in total. The lowest BCUT2D eigenvalue weighted by Crippen LogP contribution is -2.37. The number of halogens is 4. The van der Waals surface area contributed by atoms with Crippen LogP contribution < -0.4 is 10.6 Å². The average Bonchev–Trinajstić information content (AvgIpc) is 3.57. The van der Waals surface area contributed by atoms with Crippen molar-refractivity contribution in [3.8, 4) is 0 Å². The maximum atomic E-state index is 13.1. The van der Waals surface area contributed by atoms with Gasteiger partial charge in [0.2, 0.25) is 5.91 Å². The lowest BCUT2D eigenvalue weighted by molar-refractivity contribution is -0.137. The van der Waals surface area contributed by atoms with Crippen LogP contribution in [0.25, 0.3) is 0 Å². The molecule has 2 aromatic carbocycles. The second-order valence-electron chi connectivity index (χ2n) is 7.93. The van der Waals surface area contributed by atoms with E-state index in [1.165, 1.54) is 0 Å². The van der Waals surface area contributed by atoms with Gasteiger partial charge in [0.25, 0.3) is 0 Å². The van der Waals surface area contributed by atoms with E-state index in [-0.39, 0.29) is 11.3 Å². The summed E-state index contributed by atoms with van der Waals surface area (Å²) >= 11 is 2.14. The van der Waals surface area contributed by atoms with E-state index < -0.39 is 17.8 Å². The lowest BCUT2D eigenvalue weighted by atomic mass is 9.94. The molecule has 32 heavy (non-hydrogen) atoms. The maximum Gasteiger partial charge on any atom is 0.416 e. The number of carbonyl (C=O) groups excluding carboxylic acids is 1. The Balaban J connectivity index is 1.50. The number of amides is 1. The molecule has 8 heteroatoms. The number of rotatable bonds is 7. The third kappa shape index (κ3) is 5.29. The third-order valence-corrected chi connectivity index (χ3v) is 6.33. The van der Waals surface area contributed by atoms with Gasteiger partial charge in [0.15, 0.2) is 0 Å². The van der Waals surface area contributed by atoms with Crippen LogP contribution in [0.2, 0.25) is 0 Å². The summed E-state index contributed by atoms with van der Waals surface area (Å²) in [6, 6.07) is 17.7. The Morgan fingerprint density at radius 1 is 1.03 bits per heavy atom. The minimum absolute atomic E-state index is 0.242. The number of alkyl halides is 3. The van der Waals surface area contributed by atoms with Crippen molar-refractivity contribution >= 4 is 34.3 Å². The number of benzene rings is 2. The van der Waals surface area contributed by atoms with Crippen LogP contribution in [0.5, 0.6) is 0 Å². The van der Waals surface area contributed by atoms with Crippen molar-refractivity contribution in [1.82, 2.24) is 10.3 Å². The molecule has 2 N–H and O–H groups in total. The highest BCUT2D eigenvalue weighted by Crippen LogP contribution is 2.48. The minimum atomic E-state index is -4.35. The van der Waals surface area contributed by atoms with Crippen molar-refractivity contribution < 1.29 is 18.0 Å². The van der Waals surface area contributed by atoms with Gasteiger partial charge in [-0.3, -0.25) is 4.79 Å². The van der Waals surface area contributed by atoms with E-state index in [2.05, 4.69) is 38.2 Å². The first-order chi connectivity index (χ1) is 15.3. The summed E-state index contributed by atoms with van der Waals surface area (Å²) in [4.78, 5) is 17.3. The predicted molar refractivity (Wildman–Crippen MR) is 125 cm³/mol. The fourth-order valence-corrected chi connectivity index (χ4v) is 4.00. The van der Waals surface area contributed by atoms with Crippen molar-refractivity contribution in [1.29, 1.82) is 0 Å². The number of anilines is 1. The lowest BCUT2D eigenvalue weighted by Gasteiger charge is -2.23. The van der Waals surface area contributed by atoms with E-state index >= 15 is 0 Å². The Morgan fingerprint density at radius 2 is 1.72 bits per heavy atom. The molecule has 3 aromatic rings. The van der Waals surface area contributed by atoms with Gasteiger partial charge in [-0.15, -0.1) is 0 Å². The molecule has 1 unspecified atom stereocenters. The molecule has 1 aromatic heterocycles. The second kappa shape index (κ2) is 9.19. The number of nitrogens with one attached hydrogen (secondary N) is 2. The molecule has 1 aliphatic carbocycles. The molecule has 1 saturated carbocycles. The van der Waals surface area contributed by atoms with Gasteiger partial charge in [-0.1, -0.05) is 42.5 Å². The Labute approximate surface area is 197 Å². The molecule has 1 heterocycles. The summed E-state index contributed by atoms with van der Waals surface area (Å²) < 4.78 is 39.7. The minimum Gasteiger partial charge on any atom is -0.309 e. The zero-order valence-corrected chi connectivity index (χ0v) is 19.2. The number of nitrogens with zero attached hydrogens (tertiary/aromatic N) is 1. The van der Waals surface area contributed by atoms with Crippen molar-refractivity contribution in [3.05, 3.63) is 93.2 Å². The average molecular weight is 551 g/mol. The molecule has 1 amide bonds. The van der Waals surface area contributed by atoms with Crippen molar-refractivity contribution in [2.24, 2.45) is 0 Å². The van der Waals surface area contributed by atoms with E-state index in [0.29, 0.717) is 12.4 Å². The summed E-state index contributed by atoms with van der Waals surface area (Å²) in [6.07, 6.45) is -0.973. The third-order valence-electron chi connectivity index (χ3n) is 5.70. The van der Waals surface area contributed by atoms with Crippen LogP contribution in [0, 0.1) is 3.57 Å². The standard InChI is InChI=1S/C24H21F3IN3O/c25-24(26,27)18-8-6-17(7-9-18)23(12-13-23)15-30-21(16-4-2-1-3-5-16)22(32)31-20-11-10-19(28)14-29-20/h1-11,14,21,30H,12-13,15H2,(H,29,31,32). The Bertz CT molecular complexity index is 1070. The highest BCUT2D eigenvalue weighted by atomic mass is 127. The molecular weight excluding hydrogens is 530 g/mol. The SMILES string of the molecule is O=C(Nc1ccc(I)cn1)C(NCC1(c2ccc(C(F)(F)F)cc2)CC1)c1ccccc1. The largest absolute Gasteiger partial charge is 0.416 e. The van der Waals surface area contributed by atoms with E-state index in [0.717, 1.165) is 39.7 Å². The van der Waals surface area contributed by atoms with Crippen molar-refractivity contribution in [2.45, 2.75) is 30.5 Å². The first kappa shape index (κ1) is 22.7. The highest BCUT2D eigenvalue weighted by molar-refractivity contribution is 14.1. The monoisotopic (exact) mass is 551 g/mol. The Hall–Kier alpha value is -2.46. The topological polar surface area (TPSA) is 54.0 Å². The number of hydrogen-bond acceptors (Lipinski definition) is 3. The van der Waals surface area contributed by atoms with Gasteiger partial charge in [0.1, 0.15) is 11.9 Å². The summed E-state index contributed by atoms with van der Waals surface area (Å²) in [5.41, 5.74) is 0.735. The Morgan fingerprint density at radius 3 is 2.28 bits per heavy atom. The zero-order valence-electron chi connectivity index (χ0n) is 17.0. The molecule has 0 radical (unpaired) electrons. The predicted octanol–water partition coefficient (Wildman–Crippen LogP) is 5.71. The smallest absolute Gasteiger partial charge is 0.309 e. The first-order valence-corrected chi connectivity index (χ1v) is 11.2. The van der Waals surface area contributed by atoms with Gasteiger partial charge in [-0.2, -0.15) is 13.2 Å². The van der Waals surface area contributed by atoms with E-state index in [9.17, 15) is 18.0 Å². The van der Waals surface area contributed by atoms with E-state index in [1.807, 2.05) is 36.4 Å². The zero-order chi connectivity index (χ0) is 22.8. The molecule has 4 rings (SSSR count). The fourth-order valence-electron chi connectivity index (χ4n) is 3.68. The number of pyridine rings is 1. The van der Waals surface area contributed by atoms with Crippen LogP contribution in [0.4, 0.5) is 19.0 Å². The van der Waals surface area contributed by atoms with Gasteiger partial charge >= 0.3 is 6.18 Å². The highest BCUT2D eigenvalue weighted by Gasteiger charge is 2.45. The van der Waals surface area contributed by atoms with Crippen LogP contribution in [0.3, 0.4) is 0 Å². The van der Waals surface area contributed by atoms with E-state index in [1.54, 1.807) is 24.4 Å². The molecule has 1 aliphatic rings. The molecule has 166 valence electrons. The van der Waals surface area contributed by atoms with Gasteiger partial charge in [-0.05, 0) is 70.8 Å². The van der Waals surface area contributed by atoms with E-state index in [4.69, 9.17) is 0 Å². The Kier molecular flexibility index (Phi) is 6.52. The van der Waals surface area contributed by atoms with Crippen LogP contribution in [-0.4, -0.2) is 17.4 Å². The van der Waals surface area contributed by atoms with Gasteiger partial charge in [0.05, 0.1) is 5.56 Å². The summed E-state index contributed by atoms with van der Waals surface area (Å²) in [5, 5.41) is 6.20. The summed E-state index contributed by atoms with van der Waals surface area (Å²) in [6.45, 7) is 0.478. The van der Waals surface area contributed by atoms with Gasteiger partial charge in [0, 0.05) is 21.7 Å². The maximum absolute atomic E-state index is 13.1. The molecule has 0 aliphatic heterocycles. The van der Waals surface area contributed by atoms with Gasteiger partial charge < -0.3 is 10.6 Å². The van der Waals surface area contributed by atoms with Crippen molar-refractivity contribution in [3.63, 3.8) is 0 Å². The second-order valence-corrected chi connectivity index (χ2v) is 9.18.